The molecule has 1 fully saturated rings. The Morgan fingerprint density at radius 3 is 1.34 bits per heavy atom. The molecule has 0 radical (unpaired) electrons. The number of aliphatic imine (C=N–C) groups is 1. The number of benzene rings is 3. The third-order valence-corrected chi connectivity index (χ3v) is 6.55. The molecule has 38 heavy (non-hydrogen) atoms. The summed E-state index contributed by atoms with van der Waals surface area (Å²) < 4.78 is 28.5. The van der Waals surface area contributed by atoms with Crippen molar-refractivity contribution in [2.75, 3.05) is 79.2 Å². The van der Waals surface area contributed by atoms with Crippen LogP contribution in [0.25, 0.3) is 21.5 Å². The van der Waals surface area contributed by atoms with Crippen LogP contribution < -0.4 is 11.5 Å². The Bertz CT molecular complexity index is 1090. The lowest BCUT2D eigenvalue weighted by atomic mass is 9.91. The Hall–Kier alpha value is -2.79. The van der Waals surface area contributed by atoms with E-state index >= 15 is 0 Å². The van der Waals surface area contributed by atoms with Gasteiger partial charge in [-0.25, -0.2) is 4.99 Å². The molecule has 0 spiro atoms. The van der Waals surface area contributed by atoms with Crippen molar-refractivity contribution < 1.29 is 23.7 Å². The number of nitrogens with two attached hydrogens (primary N) is 2. The van der Waals surface area contributed by atoms with Crippen LogP contribution in [0.5, 0.6) is 0 Å². The number of fused-ring (bicyclic) bond motifs is 2. The second-order valence-electron chi connectivity index (χ2n) is 9.13. The Morgan fingerprint density at radius 1 is 0.579 bits per heavy atom. The molecule has 1 aliphatic rings. The molecule has 0 aliphatic carbocycles. The zero-order valence-electron chi connectivity index (χ0n) is 22.1. The first-order chi connectivity index (χ1) is 18.7. The number of rotatable bonds is 4. The topological polar surface area (TPSA) is 114 Å². The zero-order valence-corrected chi connectivity index (χ0v) is 22.1. The number of hydrogen-bond donors (Lipinski definition) is 2. The molecule has 1 saturated heterocycles. The van der Waals surface area contributed by atoms with Gasteiger partial charge in [-0.3, -0.25) is 4.90 Å². The van der Waals surface area contributed by atoms with Crippen LogP contribution in [0.15, 0.2) is 53.5 Å². The van der Waals surface area contributed by atoms with Gasteiger partial charge in [-0.15, -0.1) is 0 Å². The van der Waals surface area contributed by atoms with Gasteiger partial charge in [-0.05, 0) is 32.7 Å². The smallest absolute Gasteiger partial charge is 0.186 e. The van der Waals surface area contributed by atoms with E-state index < -0.39 is 0 Å². The van der Waals surface area contributed by atoms with Gasteiger partial charge in [0.2, 0.25) is 0 Å². The molecule has 4 N–H and O–H groups in total. The summed E-state index contributed by atoms with van der Waals surface area (Å²) in [7, 11) is 0. The van der Waals surface area contributed by atoms with Crippen LogP contribution in [-0.2, 0) is 36.8 Å². The maximum absolute atomic E-state index is 5.89. The Kier molecular flexibility index (Phi) is 11.6. The summed E-state index contributed by atoms with van der Waals surface area (Å²) in [6.07, 6.45) is 0. The Labute approximate surface area is 224 Å². The van der Waals surface area contributed by atoms with Gasteiger partial charge in [0, 0.05) is 19.6 Å². The van der Waals surface area contributed by atoms with Crippen LogP contribution in [0.4, 0.5) is 0 Å². The minimum atomic E-state index is 0.0923. The largest absolute Gasteiger partial charge is 0.378 e. The monoisotopic (exact) mass is 524 g/mol. The van der Waals surface area contributed by atoms with E-state index in [-0.39, 0.29) is 5.96 Å². The van der Waals surface area contributed by atoms with E-state index in [1.54, 1.807) is 0 Å². The number of guanidine groups is 1. The minimum absolute atomic E-state index is 0.0923. The summed E-state index contributed by atoms with van der Waals surface area (Å²) in [5.74, 6) is 0.0923. The van der Waals surface area contributed by atoms with Gasteiger partial charge in [0.05, 0.1) is 72.6 Å². The average molecular weight is 525 g/mol. The zero-order chi connectivity index (χ0) is 26.4. The molecule has 0 bridgehead atoms. The number of hydrogen-bond acceptors (Lipinski definition) is 7. The maximum atomic E-state index is 5.89. The molecule has 1 aliphatic heterocycles. The molecule has 9 nitrogen and oxygen atoms in total. The first-order valence-corrected chi connectivity index (χ1v) is 13.3. The number of ether oxygens (including phenoxy) is 5. The predicted molar refractivity (Wildman–Crippen MR) is 150 cm³/mol. The summed E-state index contributed by atoms with van der Waals surface area (Å²) >= 11 is 0. The second kappa shape index (κ2) is 15.6. The lowest BCUT2D eigenvalue weighted by molar-refractivity contribution is -0.0189. The van der Waals surface area contributed by atoms with Gasteiger partial charge < -0.3 is 35.2 Å². The van der Waals surface area contributed by atoms with Crippen molar-refractivity contribution in [3.63, 3.8) is 0 Å². The predicted octanol–water partition coefficient (Wildman–Crippen LogP) is 2.67. The van der Waals surface area contributed by atoms with Crippen LogP contribution in [0.1, 0.15) is 11.1 Å². The standard InChI is InChI=1S/C29H40N4O5/c30-29(31)32-21-27-23-5-1-3-7-25(23)28(26-8-4-2-6-24(26)27)22-33-9-11-34-13-15-36-17-19-38-20-18-37-16-14-35-12-10-33/h1-8H,9-22H2,(H4,30,31,32). The van der Waals surface area contributed by atoms with Crippen molar-refractivity contribution in [2.24, 2.45) is 16.5 Å². The average Bonchev–Trinajstić information content (AvgIpc) is 2.93. The van der Waals surface area contributed by atoms with E-state index in [9.17, 15) is 0 Å². The summed E-state index contributed by atoms with van der Waals surface area (Å²) in [6.45, 7) is 8.41. The third kappa shape index (κ3) is 8.36. The molecule has 9 heteroatoms. The van der Waals surface area contributed by atoms with E-state index in [4.69, 9.17) is 35.2 Å². The third-order valence-electron chi connectivity index (χ3n) is 6.55. The van der Waals surface area contributed by atoms with Crippen LogP contribution in [-0.4, -0.2) is 90.0 Å². The molecule has 3 aromatic carbocycles. The number of nitrogens with zero attached hydrogens (tertiary/aromatic N) is 2. The second-order valence-corrected chi connectivity index (χ2v) is 9.13. The molecule has 206 valence electrons. The Balaban J connectivity index is 1.56. The molecule has 0 atom stereocenters. The summed E-state index contributed by atoms with van der Waals surface area (Å²) in [6, 6.07) is 17.0. The van der Waals surface area contributed by atoms with Gasteiger partial charge in [-0.2, -0.15) is 0 Å². The van der Waals surface area contributed by atoms with E-state index in [2.05, 4.69) is 58.4 Å². The highest BCUT2D eigenvalue weighted by atomic mass is 16.6. The molecular weight excluding hydrogens is 484 g/mol. The van der Waals surface area contributed by atoms with Gasteiger partial charge >= 0.3 is 0 Å². The molecule has 0 aromatic heterocycles. The van der Waals surface area contributed by atoms with Gasteiger partial charge in [0.1, 0.15) is 0 Å². The highest BCUT2D eigenvalue weighted by Crippen LogP contribution is 2.34. The van der Waals surface area contributed by atoms with Gasteiger partial charge in [0.25, 0.3) is 0 Å². The summed E-state index contributed by atoms with van der Waals surface area (Å²) in [4.78, 5) is 6.73. The van der Waals surface area contributed by atoms with Crippen LogP contribution in [0.3, 0.4) is 0 Å². The van der Waals surface area contributed by atoms with Gasteiger partial charge in [0.15, 0.2) is 5.96 Å². The molecule has 0 amide bonds. The van der Waals surface area contributed by atoms with E-state index in [0.717, 1.165) is 25.2 Å². The van der Waals surface area contributed by atoms with E-state index in [0.29, 0.717) is 72.6 Å². The fraction of sp³-hybridized carbons (Fsp3) is 0.483. The van der Waals surface area contributed by atoms with Crippen molar-refractivity contribution in [3.05, 3.63) is 59.7 Å². The molecule has 4 rings (SSSR count). The molecule has 0 unspecified atom stereocenters. The lowest BCUT2D eigenvalue weighted by Gasteiger charge is -2.25. The van der Waals surface area contributed by atoms with Crippen molar-refractivity contribution in [1.29, 1.82) is 0 Å². The first kappa shape index (κ1) is 28.2. The quantitative estimate of drug-likeness (QED) is 0.304. The highest BCUT2D eigenvalue weighted by molar-refractivity contribution is 6.05. The van der Waals surface area contributed by atoms with Crippen LogP contribution in [0, 0.1) is 0 Å². The van der Waals surface area contributed by atoms with Crippen LogP contribution in [0.2, 0.25) is 0 Å². The van der Waals surface area contributed by atoms with E-state index in [1.807, 2.05) is 0 Å². The van der Waals surface area contributed by atoms with E-state index in [1.165, 1.54) is 27.1 Å². The van der Waals surface area contributed by atoms with Crippen molar-refractivity contribution >= 4 is 27.5 Å². The van der Waals surface area contributed by atoms with Crippen LogP contribution >= 0.6 is 0 Å². The van der Waals surface area contributed by atoms with Crippen molar-refractivity contribution in [3.8, 4) is 0 Å². The molecular formula is C29H40N4O5. The molecule has 0 saturated carbocycles. The van der Waals surface area contributed by atoms with Gasteiger partial charge in [-0.1, -0.05) is 48.5 Å². The van der Waals surface area contributed by atoms with Crippen molar-refractivity contribution in [2.45, 2.75) is 13.1 Å². The Morgan fingerprint density at radius 2 is 0.947 bits per heavy atom. The summed E-state index contributed by atoms with van der Waals surface area (Å²) in [5.41, 5.74) is 13.8. The fourth-order valence-electron chi connectivity index (χ4n) is 4.68. The first-order valence-electron chi connectivity index (χ1n) is 13.3. The summed E-state index contributed by atoms with van der Waals surface area (Å²) in [5, 5.41) is 4.74. The SMILES string of the molecule is NC(N)=NCc1c2ccccc2c(CN2CCOCCOCCOCCOCCOCC2)c2ccccc12. The molecule has 1 heterocycles. The highest BCUT2D eigenvalue weighted by Gasteiger charge is 2.16. The lowest BCUT2D eigenvalue weighted by Crippen LogP contribution is -2.31. The fourth-order valence-corrected chi connectivity index (χ4v) is 4.68. The normalized spacial score (nSPS) is 18.1. The van der Waals surface area contributed by atoms with Crippen molar-refractivity contribution in [1.82, 2.24) is 4.90 Å². The minimum Gasteiger partial charge on any atom is -0.378 e. The maximum Gasteiger partial charge on any atom is 0.186 e. The molecule has 3 aromatic rings.